The Hall–Kier alpha value is -1.62. The molecule has 0 saturated carbocycles. The van der Waals surface area contributed by atoms with E-state index >= 15 is 0 Å². The van der Waals surface area contributed by atoms with Crippen molar-refractivity contribution in [3.63, 3.8) is 0 Å². The van der Waals surface area contributed by atoms with Crippen molar-refractivity contribution in [1.29, 1.82) is 0 Å². The molecule has 26 heavy (non-hydrogen) atoms. The minimum absolute atomic E-state index is 0.0637. The van der Waals surface area contributed by atoms with E-state index in [2.05, 4.69) is 15.5 Å². The number of sulfonamides is 1. The second-order valence-corrected chi connectivity index (χ2v) is 9.61. The Balaban J connectivity index is 2.17. The third-order valence-corrected chi connectivity index (χ3v) is 7.09. The maximum absolute atomic E-state index is 12.4. The van der Waals surface area contributed by atoms with Crippen LogP contribution in [0.1, 0.15) is 12.7 Å². The van der Waals surface area contributed by atoms with Crippen LogP contribution in [0.5, 0.6) is 0 Å². The molecule has 0 spiro atoms. The van der Waals surface area contributed by atoms with E-state index < -0.39 is 15.3 Å². The smallest absolute Gasteiger partial charge is 0.244 e. The zero-order valence-corrected chi connectivity index (χ0v) is 17.4. The summed E-state index contributed by atoms with van der Waals surface area (Å²) in [5.74, 6) is 0.461. The Morgan fingerprint density at radius 2 is 2.00 bits per heavy atom. The third-order valence-electron chi connectivity index (χ3n) is 3.66. The highest BCUT2D eigenvalue weighted by atomic mass is 35.5. The summed E-state index contributed by atoms with van der Waals surface area (Å²) in [4.78, 5) is 12.4. The molecule has 0 aliphatic heterocycles. The predicted octanol–water partition coefficient (Wildman–Crippen LogP) is 2.15. The molecule has 0 saturated heterocycles. The van der Waals surface area contributed by atoms with Gasteiger partial charge in [0.05, 0.1) is 10.3 Å². The number of nitrogens with zero attached hydrogens (tertiary/aromatic N) is 4. The third kappa shape index (κ3) is 4.37. The fourth-order valence-electron chi connectivity index (χ4n) is 1.92. The van der Waals surface area contributed by atoms with Crippen molar-refractivity contribution in [2.45, 2.75) is 29.1 Å². The number of halogens is 1. The van der Waals surface area contributed by atoms with Gasteiger partial charge in [0.15, 0.2) is 5.16 Å². The quantitative estimate of drug-likeness (QED) is 0.723. The van der Waals surface area contributed by atoms with Gasteiger partial charge in [0, 0.05) is 26.8 Å². The van der Waals surface area contributed by atoms with E-state index in [0.717, 1.165) is 10.1 Å². The SMILES string of the molecule is Cc1nnc(S[C@@H](C)C(=O)Nc2ccc(Cl)c(S(=O)(=O)N(C)C)c2)n1C. The van der Waals surface area contributed by atoms with Crippen LogP contribution >= 0.6 is 23.4 Å². The number of rotatable bonds is 6. The van der Waals surface area contributed by atoms with Crippen molar-refractivity contribution in [2.24, 2.45) is 7.05 Å². The molecule has 0 aliphatic carbocycles. The summed E-state index contributed by atoms with van der Waals surface area (Å²) in [6, 6.07) is 4.34. The number of aryl methyl sites for hydroxylation is 1. The van der Waals surface area contributed by atoms with Crippen molar-refractivity contribution in [2.75, 3.05) is 19.4 Å². The molecule has 0 fully saturated rings. The summed E-state index contributed by atoms with van der Waals surface area (Å²) in [5, 5.41) is 10.9. The van der Waals surface area contributed by atoms with Gasteiger partial charge in [-0.15, -0.1) is 10.2 Å². The number of hydrogen-bond acceptors (Lipinski definition) is 6. The molecule has 2 rings (SSSR count). The number of carbonyl (C=O) groups is 1. The van der Waals surface area contributed by atoms with Crippen molar-refractivity contribution in [1.82, 2.24) is 19.1 Å². The molecule has 0 bridgehead atoms. The molecule has 1 aromatic heterocycles. The van der Waals surface area contributed by atoms with Crippen molar-refractivity contribution in [3.8, 4) is 0 Å². The van der Waals surface area contributed by atoms with Crippen LogP contribution < -0.4 is 5.32 Å². The van der Waals surface area contributed by atoms with Gasteiger partial charge in [0.25, 0.3) is 0 Å². The molecule has 0 unspecified atom stereocenters. The number of carbonyl (C=O) groups excluding carboxylic acids is 1. The number of nitrogens with one attached hydrogen (secondary N) is 1. The molecule has 0 aliphatic rings. The van der Waals surface area contributed by atoms with Crippen LogP contribution in [0, 0.1) is 6.92 Å². The molecule has 1 aromatic carbocycles. The van der Waals surface area contributed by atoms with Gasteiger partial charge >= 0.3 is 0 Å². The first kappa shape index (κ1) is 20.7. The molecule has 1 heterocycles. The van der Waals surface area contributed by atoms with Crippen LogP contribution in [0.15, 0.2) is 28.3 Å². The van der Waals surface area contributed by atoms with Crippen LogP contribution in [0.4, 0.5) is 5.69 Å². The molecule has 8 nitrogen and oxygen atoms in total. The maximum Gasteiger partial charge on any atom is 0.244 e. The second kappa shape index (κ2) is 7.95. The molecule has 11 heteroatoms. The van der Waals surface area contributed by atoms with E-state index in [1.54, 1.807) is 17.6 Å². The average Bonchev–Trinajstić information content (AvgIpc) is 2.88. The van der Waals surface area contributed by atoms with Gasteiger partial charge in [0.1, 0.15) is 10.7 Å². The summed E-state index contributed by atoms with van der Waals surface area (Å²) in [6.45, 7) is 3.56. The molecule has 0 radical (unpaired) electrons. The van der Waals surface area contributed by atoms with E-state index in [1.807, 2.05) is 14.0 Å². The lowest BCUT2D eigenvalue weighted by Crippen LogP contribution is -2.24. The molecule has 1 amide bonds. The Kier molecular flexibility index (Phi) is 6.33. The highest BCUT2D eigenvalue weighted by Gasteiger charge is 2.23. The van der Waals surface area contributed by atoms with Gasteiger partial charge < -0.3 is 9.88 Å². The first-order valence-corrected chi connectivity index (χ1v) is 10.3. The number of amides is 1. The molecule has 1 N–H and O–H groups in total. The minimum atomic E-state index is -3.71. The zero-order chi connectivity index (χ0) is 19.6. The predicted molar refractivity (Wildman–Crippen MR) is 102 cm³/mol. The van der Waals surface area contributed by atoms with Gasteiger partial charge in [0.2, 0.25) is 15.9 Å². The summed E-state index contributed by atoms with van der Waals surface area (Å²) in [6.07, 6.45) is 0. The number of benzene rings is 1. The van der Waals surface area contributed by atoms with Gasteiger partial charge in [-0.3, -0.25) is 4.79 Å². The van der Waals surface area contributed by atoms with Crippen LogP contribution in [-0.2, 0) is 21.9 Å². The Bertz CT molecular complexity index is 927. The molecule has 1 atom stereocenters. The summed E-state index contributed by atoms with van der Waals surface area (Å²) >= 11 is 7.27. The summed E-state index contributed by atoms with van der Waals surface area (Å²) in [5.41, 5.74) is 0.349. The number of hydrogen-bond donors (Lipinski definition) is 1. The highest BCUT2D eigenvalue weighted by molar-refractivity contribution is 8.00. The number of thioether (sulfide) groups is 1. The maximum atomic E-state index is 12.4. The molecule has 2 aromatic rings. The van der Waals surface area contributed by atoms with Gasteiger partial charge in [-0.25, -0.2) is 12.7 Å². The van der Waals surface area contributed by atoms with Crippen LogP contribution in [0.3, 0.4) is 0 Å². The summed E-state index contributed by atoms with van der Waals surface area (Å²) in [7, 11) is 0.935. The van der Waals surface area contributed by atoms with Crippen LogP contribution in [0.25, 0.3) is 0 Å². The van der Waals surface area contributed by atoms with Crippen LogP contribution in [-0.4, -0.2) is 52.7 Å². The van der Waals surface area contributed by atoms with Crippen LogP contribution in [0.2, 0.25) is 5.02 Å². The normalized spacial score (nSPS) is 13.0. The minimum Gasteiger partial charge on any atom is -0.325 e. The monoisotopic (exact) mass is 417 g/mol. The molecular formula is C15H20ClN5O3S2. The van der Waals surface area contributed by atoms with E-state index in [1.165, 1.54) is 38.0 Å². The van der Waals surface area contributed by atoms with E-state index in [0.29, 0.717) is 10.8 Å². The van der Waals surface area contributed by atoms with Gasteiger partial charge in [-0.1, -0.05) is 23.4 Å². The van der Waals surface area contributed by atoms with Crippen molar-refractivity contribution < 1.29 is 13.2 Å². The van der Waals surface area contributed by atoms with Gasteiger partial charge in [-0.05, 0) is 32.0 Å². The summed E-state index contributed by atoms with van der Waals surface area (Å²) < 4.78 is 27.5. The lowest BCUT2D eigenvalue weighted by atomic mass is 10.3. The lowest BCUT2D eigenvalue weighted by Gasteiger charge is -2.15. The Labute approximate surface area is 162 Å². The molecule has 142 valence electrons. The van der Waals surface area contributed by atoms with E-state index in [4.69, 9.17) is 11.6 Å². The largest absolute Gasteiger partial charge is 0.325 e. The lowest BCUT2D eigenvalue weighted by molar-refractivity contribution is -0.115. The molecular weight excluding hydrogens is 398 g/mol. The van der Waals surface area contributed by atoms with Crippen molar-refractivity contribution in [3.05, 3.63) is 29.0 Å². The first-order valence-electron chi connectivity index (χ1n) is 7.59. The fourth-order valence-corrected chi connectivity index (χ4v) is 4.18. The highest BCUT2D eigenvalue weighted by Crippen LogP contribution is 2.28. The zero-order valence-electron chi connectivity index (χ0n) is 15.0. The average molecular weight is 418 g/mol. The van der Waals surface area contributed by atoms with Crippen molar-refractivity contribution >= 4 is 45.0 Å². The Morgan fingerprint density at radius 1 is 1.35 bits per heavy atom. The van der Waals surface area contributed by atoms with E-state index in [9.17, 15) is 13.2 Å². The second-order valence-electron chi connectivity index (χ2n) is 5.77. The fraction of sp³-hybridized carbons (Fsp3) is 0.400. The first-order chi connectivity index (χ1) is 12.0. The Morgan fingerprint density at radius 3 is 2.54 bits per heavy atom. The number of aromatic nitrogens is 3. The topological polar surface area (TPSA) is 97.2 Å². The van der Waals surface area contributed by atoms with E-state index in [-0.39, 0.29) is 15.8 Å². The standard InChI is InChI=1S/C15H20ClN5O3S2/c1-9(25-15-19-18-10(2)21(15)5)14(22)17-11-6-7-12(16)13(8-11)26(23,24)20(3)4/h6-9H,1-5H3,(H,17,22)/t9-/m0/s1. The van der Waals surface area contributed by atoms with Gasteiger partial charge in [-0.2, -0.15) is 0 Å². The number of anilines is 1.